The second-order valence-electron chi connectivity index (χ2n) is 12.0. The van der Waals surface area contributed by atoms with E-state index in [4.69, 9.17) is 9.47 Å². The second-order valence-corrected chi connectivity index (χ2v) is 12.0. The van der Waals surface area contributed by atoms with Crippen molar-refractivity contribution in [3.8, 4) is 11.5 Å². The average Bonchev–Trinajstić information content (AvgIpc) is 3.02. The number of likely N-dealkylation sites (tertiary alicyclic amines) is 1. The van der Waals surface area contributed by atoms with Gasteiger partial charge in [0, 0.05) is 38.8 Å². The molecule has 5 rings (SSSR count). The van der Waals surface area contributed by atoms with Crippen molar-refractivity contribution in [2.24, 2.45) is 5.41 Å². The molecule has 2 aromatic carbocycles. The van der Waals surface area contributed by atoms with Crippen molar-refractivity contribution in [1.82, 2.24) is 9.80 Å². The molecule has 2 amide bonds. The molecule has 0 aromatic heterocycles. The zero-order valence-corrected chi connectivity index (χ0v) is 25.0. The maximum atomic E-state index is 13.9. The van der Waals surface area contributed by atoms with E-state index in [1.54, 1.807) is 0 Å². The smallest absolute Gasteiger partial charge is 0.253 e. The van der Waals surface area contributed by atoms with Crippen LogP contribution in [0, 0.1) is 5.41 Å². The highest BCUT2D eigenvalue weighted by Gasteiger charge is 2.43. The molecule has 2 saturated heterocycles. The molecule has 3 aliphatic rings. The maximum absolute atomic E-state index is 13.9. The number of piperidine rings is 2. The van der Waals surface area contributed by atoms with E-state index in [1.807, 2.05) is 54.1 Å². The molecule has 2 fully saturated rings. The van der Waals surface area contributed by atoms with Crippen molar-refractivity contribution < 1.29 is 19.1 Å². The van der Waals surface area contributed by atoms with Crippen molar-refractivity contribution in [3.63, 3.8) is 0 Å². The Balaban J connectivity index is 1.27. The number of amides is 2. The Morgan fingerprint density at radius 1 is 0.902 bits per heavy atom. The van der Waals surface area contributed by atoms with Crippen LogP contribution in [0.1, 0.15) is 80.6 Å². The fraction of sp³-hybridized carbons (Fsp3) is 0.588. The predicted octanol–water partition coefficient (Wildman–Crippen LogP) is 5.95. The molecule has 0 aliphatic carbocycles. The zero-order valence-electron chi connectivity index (χ0n) is 25.0. The van der Waals surface area contributed by atoms with Gasteiger partial charge in [-0.05, 0) is 88.1 Å². The number of carbonyl (C=O) groups is 2. The number of benzene rings is 2. The Kier molecular flexibility index (Phi) is 9.73. The molecule has 222 valence electrons. The van der Waals surface area contributed by atoms with E-state index >= 15 is 0 Å². The zero-order chi connectivity index (χ0) is 28.7. The van der Waals surface area contributed by atoms with E-state index in [1.165, 1.54) is 24.8 Å². The van der Waals surface area contributed by atoms with Crippen LogP contribution in [0.4, 0.5) is 5.69 Å². The molecule has 41 heavy (non-hydrogen) atoms. The Morgan fingerprint density at radius 3 is 2.44 bits per heavy atom. The highest BCUT2D eigenvalue weighted by Crippen LogP contribution is 2.40. The van der Waals surface area contributed by atoms with Gasteiger partial charge >= 0.3 is 0 Å². The summed E-state index contributed by atoms with van der Waals surface area (Å²) in [5.41, 5.74) is 2.58. The summed E-state index contributed by atoms with van der Waals surface area (Å²) in [5.74, 6) is 2.05. The van der Waals surface area contributed by atoms with E-state index in [-0.39, 0.29) is 11.8 Å². The summed E-state index contributed by atoms with van der Waals surface area (Å²) >= 11 is 0. The van der Waals surface area contributed by atoms with E-state index in [2.05, 4.69) is 17.0 Å². The minimum atomic E-state index is -0.412. The second kappa shape index (κ2) is 13.6. The Bertz CT molecular complexity index is 1180. The number of nitrogens with zero attached hydrogens (tertiary/aromatic N) is 3. The molecule has 1 spiro atoms. The third-order valence-electron chi connectivity index (χ3n) is 9.27. The summed E-state index contributed by atoms with van der Waals surface area (Å²) in [6.45, 7) is 6.84. The minimum Gasteiger partial charge on any atom is -0.492 e. The van der Waals surface area contributed by atoms with Gasteiger partial charge in [0.15, 0.2) is 0 Å². The van der Waals surface area contributed by atoms with Gasteiger partial charge in [-0.15, -0.1) is 0 Å². The van der Waals surface area contributed by atoms with Crippen molar-refractivity contribution in [2.45, 2.75) is 71.1 Å². The minimum absolute atomic E-state index is 0.0535. The Hall–Kier alpha value is -3.22. The van der Waals surface area contributed by atoms with Gasteiger partial charge in [0.25, 0.3) is 5.91 Å². The first-order valence-corrected chi connectivity index (χ1v) is 15.8. The predicted molar refractivity (Wildman–Crippen MR) is 163 cm³/mol. The third kappa shape index (κ3) is 6.82. The van der Waals surface area contributed by atoms with Gasteiger partial charge in [0.05, 0.1) is 24.3 Å². The molecule has 0 N–H and O–H groups in total. The topological polar surface area (TPSA) is 62.3 Å². The standard InChI is InChI=1S/C34H47N3O4/c1-3-40-31-16-15-28(26-29(31)36-20-10-5-11-21-36)32(38)37-22-18-34(19-23-37)17-9-4-6-12-27-13-7-8-14-30(27)41-25-24-35(2)33(34)39/h7-8,13-16,26H,3-6,9-12,17-25H2,1-2H3. The van der Waals surface area contributed by atoms with Gasteiger partial charge in [-0.2, -0.15) is 0 Å². The van der Waals surface area contributed by atoms with Crippen LogP contribution in [0.25, 0.3) is 0 Å². The quantitative estimate of drug-likeness (QED) is 0.462. The first-order chi connectivity index (χ1) is 20.0. The summed E-state index contributed by atoms with van der Waals surface area (Å²) in [4.78, 5) is 33.8. The molecule has 0 radical (unpaired) electrons. The van der Waals surface area contributed by atoms with Crippen LogP contribution in [-0.4, -0.2) is 74.6 Å². The highest BCUT2D eigenvalue weighted by molar-refractivity contribution is 5.96. The Morgan fingerprint density at radius 2 is 1.66 bits per heavy atom. The normalized spacial score (nSPS) is 20.3. The van der Waals surface area contributed by atoms with Crippen molar-refractivity contribution in [2.75, 3.05) is 57.9 Å². The van der Waals surface area contributed by atoms with Crippen LogP contribution < -0.4 is 14.4 Å². The lowest BCUT2D eigenvalue weighted by Crippen LogP contribution is -2.51. The maximum Gasteiger partial charge on any atom is 0.253 e. The first kappa shape index (κ1) is 29.3. The lowest BCUT2D eigenvalue weighted by molar-refractivity contribution is -0.144. The third-order valence-corrected chi connectivity index (χ3v) is 9.27. The summed E-state index contributed by atoms with van der Waals surface area (Å²) < 4.78 is 12.0. The number of ether oxygens (including phenoxy) is 2. The number of fused-ring (bicyclic) bond motifs is 1. The van der Waals surface area contributed by atoms with Crippen LogP contribution in [-0.2, 0) is 11.2 Å². The first-order valence-electron chi connectivity index (χ1n) is 15.8. The summed E-state index contributed by atoms with van der Waals surface area (Å²) in [6, 6.07) is 14.2. The van der Waals surface area contributed by atoms with E-state index in [0.29, 0.717) is 51.3 Å². The number of para-hydroxylation sites is 1. The number of likely N-dealkylation sites (N-methyl/N-ethyl adjacent to an activating group) is 1. The summed E-state index contributed by atoms with van der Waals surface area (Å²) in [6.07, 6.45) is 10.1. The van der Waals surface area contributed by atoms with E-state index < -0.39 is 5.41 Å². The molecule has 7 heteroatoms. The molecule has 2 aromatic rings. The van der Waals surface area contributed by atoms with Crippen LogP contribution in [0.2, 0.25) is 0 Å². The number of carbonyl (C=O) groups excluding carboxylic acids is 2. The van der Waals surface area contributed by atoms with Crippen molar-refractivity contribution in [3.05, 3.63) is 53.6 Å². The largest absolute Gasteiger partial charge is 0.492 e. The summed E-state index contributed by atoms with van der Waals surface area (Å²) in [7, 11) is 1.90. The number of aryl methyl sites for hydroxylation is 1. The van der Waals surface area contributed by atoms with Gasteiger partial charge in [0.2, 0.25) is 5.91 Å². The molecule has 0 bridgehead atoms. The van der Waals surface area contributed by atoms with Crippen LogP contribution in [0.5, 0.6) is 11.5 Å². The molecule has 7 nitrogen and oxygen atoms in total. The van der Waals surface area contributed by atoms with Crippen LogP contribution >= 0.6 is 0 Å². The van der Waals surface area contributed by atoms with Crippen LogP contribution in [0.3, 0.4) is 0 Å². The summed E-state index contributed by atoms with van der Waals surface area (Å²) in [5, 5.41) is 0. The highest BCUT2D eigenvalue weighted by atomic mass is 16.5. The number of rotatable bonds is 4. The molecule has 0 saturated carbocycles. The molecule has 0 unspecified atom stereocenters. The SMILES string of the molecule is CCOc1ccc(C(=O)N2CCC3(CCCCCc4ccccc4OCCN(C)C3=O)CC2)cc1N1CCCCC1. The van der Waals surface area contributed by atoms with Crippen LogP contribution in [0.15, 0.2) is 42.5 Å². The monoisotopic (exact) mass is 561 g/mol. The van der Waals surface area contributed by atoms with E-state index in [0.717, 1.165) is 62.4 Å². The molecular weight excluding hydrogens is 514 g/mol. The fourth-order valence-electron chi connectivity index (χ4n) is 6.81. The molecule has 0 atom stereocenters. The molecular formula is C34H47N3O4. The molecule has 3 aliphatic heterocycles. The van der Waals surface area contributed by atoms with Crippen molar-refractivity contribution >= 4 is 17.5 Å². The van der Waals surface area contributed by atoms with Gasteiger partial charge in [-0.1, -0.05) is 31.0 Å². The number of hydrogen-bond acceptors (Lipinski definition) is 5. The fourth-order valence-corrected chi connectivity index (χ4v) is 6.81. The van der Waals surface area contributed by atoms with E-state index in [9.17, 15) is 9.59 Å². The average molecular weight is 562 g/mol. The number of hydrogen-bond donors (Lipinski definition) is 0. The van der Waals surface area contributed by atoms with Gasteiger partial charge in [-0.3, -0.25) is 9.59 Å². The van der Waals surface area contributed by atoms with Crippen molar-refractivity contribution in [1.29, 1.82) is 0 Å². The molecule has 3 heterocycles. The lowest BCUT2D eigenvalue weighted by Gasteiger charge is -2.43. The van der Waals surface area contributed by atoms with Gasteiger partial charge in [0.1, 0.15) is 18.1 Å². The number of anilines is 1. The Labute approximate surface area is 245 Å². The lowest BCUT2D eigenvalue weighted by atomic mass is 9.73. The van der Waals surface area contributed by atoms with Gasteiger partial charge in [-0.25, -0.2) is 0 Å². The van der Waals surface area contributed by atoms with Gasteiger partial charge < -0.3 is 24.2 Å².